The molecule has 1 amide bonds. The molecule has 0 aromatic rings. The molecule has 1 aliphatic carbocycles. The van der Waals surface area contributed by atoms with Gasteiger partial charge in [0.25, 0.3) is 0 Å². The van der Waals surface area contributed by atoms with Gasteiger partial charge in [-0.05, 0) is 38.5 Å². The van der Waals surface area contributed by atoms with Crippen LogP contribution in [0.3, 0.4) is 0 Å². The summed E-state index contributed by atoms with van der Waals surface area (Å²) in [6.45, 7) is 3.94. The molecule has 2 N–H and O–H groups in total. The fourth-order valence-electron chi connectivity index (χ4n) is 2.20. The molecule has 0 radical (unpaired) electrons. The molecule has 0 heterocycles. The maximum absolute atomic E-state index is 11.8. The van der Waals surface area contributed by atoms with E-state index in [1.807, 2.05) is 0 Å². The Morgan fingerprint density at radius 1 is 1.31 bits per heavy atom. The van der Waals surface area contributed by atoms with Gasteiger partial charge in [-0.25, -0.2) is 0 Å². The number of nitrogens with one attached hydrogen (secondary N) is 1. The molecule has 1 fully saturated rings. The van der Waals surface area contributed by atoms with Gasteiger partial charge in [0.1, 0.15) is 0 Å². The van der Waals surface area contributed by atoms with Crippen LogP contribution in [-0.4, -0.2) is 23.0 Å². The largest absolute Gasteiger partial charge is 0.481 e. The van der Waals surface area contributed by atoms with Crippen LogP contribution in [0.2, 0.25) is 0 Å². The number of hydrogen-bond donors (Lipinski definition) is 2. The van der Waals surface area contributed by atoms with E-state index in [9.17, 15) is 9.59 Å². The van der Waals surface area contributed by atoms with Crippen molar-refractivity contribution in [3.05, 3.63) is 0 Å². The Bertz CT molecular complexity index is 257. The summed E-state index contributed by atoms with van der Waals surface area (Å²) < 4.78 is 0. The number of hydrogen-bond acceptors (Lipinski definition) is 2. The summed E-state index contributed by atoms with van der Waals surface area (Å²) >= 11 is 0. The summed E-state index contributed by atoms with van der Waals surface area (Å²) in [4.78, 5) is 22.3. The first-order valence-electron chi connectivity index (χ1n) is 6.01. The van der Waals surface area contributed by atoms with E-state index in [2.05, 4.69) is 12.2 Å². The molecular weight excluding hydrogens is 206 g/mol. The summed E-state index contributed by atoms with van der Waals surface area (Å²) in [6, 6.07) is -0.274. The van der Waals surface area contributed by atoms with Gasteiger partial charge in [-0.2, -0.15) is 0 Å². The number of carbonyl (C=O) groups is 2. The quantitative estimate of drug-likeness (QED) is 0.769. The SMILES string of the molecule is CC1CCC(C(=O)NC(C)CC(=O)O)CC1. The van der Waals surface area contributed by atoms with Gasteiger partial charge in [-0.15, -0.1) is 0 Å². The van der Waals surface area contributed by atoms with Crippen LogP contribution in [0.5, 0.6) is 0 Å². The lowest BCUT2D eigenvalue weighted by Crippen LogP contribution is -2.39. The summed E-state index contributed by atoms with van der Waals surface area (Å²) in [6.07, 6.45) is 4.07. The van der Waals surface area contributed by atoms with Crippen molar-refractivity contribution in [2.24, 2.45) is 11.8 Å². The van der Waals surface area contributed by atoms with E-state index in [1.54, 1.807) is 6.92 Å². The van der Waals surface area contributed by atoms with E-state index in [4.69, 9.17) is 5.11 Å². The summed E-state index contributed by atoms with van der Waals surface area (Å²) in [5, 5.41) is 11.4. The molecule has 1 atom stereocenters. The fourth-order valence-corrected chi connectivity index (χ4v) is 2.20. The molecule has 4 nitrogen and oxygen atoms in total. The van der Waals surface area contributed by atoms with Crippen LogP contribution < -0.4 is 5.32 Å². The van der Waals surface area contributed by atoms with Gasteiger partial charge < -0.3 is 10.4 Å². The Kier molecular flexibility index (Phi) is 4.77. The second-order valence-electron chi connectivity index (χ2n) is 4.96. The van der Waals surface area contributed by atoms with Crippen LogP contribution in [0.1, 0.15) is 46.0 Å². The zero-order chi connectivity index (χ0) is 12.1. The molecule has 0 aromatic carbocycles. The maximum atomic E-state index is 11.8. The van der Waals surface area contributed by atoms with Gasteiger partial charge in [0.2, 0.25) is 5.91 Å². The van der Waals surface area contributed by atoms with Crippen molar-refractivity contribution >= 4 is 11.9 Å². The van der Waals surface area contributed by atoms with E-state index >= 15 is 0 Å². The smallest absolute Gasteiger partial charge is 0.305 e. The van der Waals surface area contributed by atoms with Crippen LogP contribution in [-0.2, 0) is 9.59 Å². The Balaban J connectivity index is 2.32. The maximum Gasteiger partial charge on any atom is 0.305 e. The van der Waals surface area contributed by atoms with Crippen molar-refractivity contribution in [3.8, 4) is 0 Å². The highest BCUT2D eigenvalue weighted by Gasteiger charge is 2.25. The molecule has 1 saturated carbocycles. The topological polar surface area (TPSA) is 66.4 Å². The third kappa shape index (κ3) is 4.21. The monoisotopic (exact) mass is 227 g/mol. The van der Waals surface area contributed by atoms with Crippen molar-refractivity contribution in [3.63, 3.8) is 0 Å². The molecule has 1 rings (SSSR count). The molecule has 0 saturated heterocycles. The summed E-state index contributed by atoms with van der Waals surface area (Å²) in [5.41, 5.74) is 0. The van der Waals surface area contributed by atoms with E-state index in [0.29, 0.717) is 0 Å². The van der Waals surface area contributed by atoms with Gasteiger partial charge in [-0.1, -0.05) is 6.92 Å². The molecular formula is C12H21NO3. The normalized spacial score (nSPS) is 27.1. The van der Waals surface area contributed by atoms with Crippen LogP contribution in [0.15, 0.2) is 0 Å². The Morgan fingerprint density at radius 2 is 1.88 bits per heavy atom. The second-order valence-corrected chi connectivity index (χ2v) is 4.96. The zero-order valence-electron chi connectivity index (χ0n) is 10.0. The molecule has 16 heavy (non-hydrogen) atoms. The van der Waals surface area contributed by atoms with E-state index < -0.39 is 5.97 Å². The van der Waals surface area contributed by atoms with Crippen LogP contribution in [0.25, 0.3) is 0 Å². The first-order valence-corrected chi connectivity index (χ1v) is 6.01. The highest BCUT2D eigenvalue weighted by atomic mass is 16.4. The minimum atomic E-state index is -0.870. The number of amides is 1. The lowest BCUT2D eigenvalue weighted by atomic mass is 9.82. The minimum Gasteiger partial charge on any atom is -0.481 e. The lowest BCUT2D eigenvalue weighted by molar-refractivity contribution is -0.137. The van der Waals surface area contributed by atoms with Crippen molar-refractivity contribution in [2.45, 2.75) is 52.0 Å². The van der Waals surface area contributed by atoms with Crippen LogP contribution in [0.4, 0.5) is 0 Å². The molecule has 0 aromatic heterocycles. The third-order valence-corrected chi connectivity index (χ3v) is 3.26. The Morgan fingerprint density at radius 3 is 2.38 bits per heavy atom. The summed E-state index contributed by atoms with van der Waals surface area (Å²) in [5.74, 6) is -0.0290. The number of carboxylic acid groups (broad SMARTS) is 1. The lowest BCUT2D eigenvalue weighted by Gasteiger charge is -2.26. The number of carbonyl (C=O) groups excluding carboxylic acids is 1. The molecule has 92 valence electrons. The standard InChI is InChI=1S/C12H21NO3/c1-8-3-5-10(6-4-8)12(16)13-9(2)7-11(14)15/h8-10H,3-7H2,1-2H3,(H,13,16)(H,14,15). The average Bonchev–Trinajstić information content (AvgIpc) is 2.16. The zero-order valence-corrected chi connectivity index (χ0v) is 10.0. The van der Waals surface area contributed by atoms with Crippen LogP contribution in [0, 0.1) is 11.8 Å². The van der Waals surface area contributed by atoms with E-state index in [0.717, 1.165) is 31.6 Å². The number of rotatable bonds is 4. The van der Waals surface area contributed by atoms with Gasteiger partial charge in [-0.3, -0.25) is 9.59 Å². The van der Waals surface area contributed by atoms with E-state index in [-0.39, 0.29) is 24.3 Å². The van der Waals surface area contributed by atoms with Crippen molar-refractivity contribution in [1.82, 2.24) is 5.32 Å². The van der Waals surface area contributed by atoms with E-state index in [1.165, 1.54) is 0 Å². The summed E-state index contributed by atoms with van der Waals surface area (Å²) in [7, 11) is 0. The Hall–Kier alpha value is -1.06. The predicted octanol–water partition coefficient (Wildman–Crippen LogP) is 1.79. The van der Waals surface area contributed by atoms with Crippen molar-refractivity contribution in [1.29, 1.82) is 0 Å². The van der Waals surface area contributed by atoms with Gasteiger partial charge in [0.15, 0.2) is 0 Å². The number of aliphatic carboxylic acids is 1. The molecule has 0 spiro atoms. The predicted molar refractivity (Wildman–Crippen MR) is 61.0 cm³/mol. The number of carboxylic acids is 1. The third-order valence-electron chi connectivity index (χ3n) is 3.26. The molecule has 0 aliphatic heterocycles. The molecule has 0 bridgehead atoms. The van der Waals surface area contributed by atoms with Crippen LogP contribution >= 0.6 is 0 Å². The van der Waals surface area contributed by atoms with Gasteiger partial charge >= 0.3 is 5.97 Å². The molecule has 1 aliphatic rings. The molecule has 4 heteroatoms. The Labute approximate surface area is 96.4 Å². The van der Waals surface area contributed by atoms with Gasteiger partial charge in [0.05, 0.1) is 6.42 Å². The highest BCUT2D eigenvalue weighted by molar-refractivity contribution is 5.79. The van der Waals surface area contributed by atoms with Crippen molar-refractivity contribution < 1.29 is 14.7 Å². The fraction of sp³-hybridized carbons (Fsp3) is 0.833. The first-order chi connectivity index (χ1) is 7.49. The van der Waals surface area contributed by atoms with Gasteiger partial charge in [0, 0.05) is 12.0 Å². The average molecular weight is 227 g/mol. The highest BCUT2D eigenvalue weighted by Crippen LogP contribution is 2.28. The molecule has 1 unspecified atom stereocenters. The minimum absolute atomic E-state index is 0.00510. The second kappa shape index (κ2) is 5.87. The van der Waals surface area contributed by atoms with Crippen molar-refractivity contribution in [2.75, 3.05) is 0 Å². The first kappa shape index (κ1) is 13.0.